The molecule has 0 aliphatic rings. The SMILES string of the molecule is C=CC(=O)NC(C)c1c(C)nn(CC(F)(F)F)c1C. The van der Waals surface area contributed by atoms with Crippen molar-refractivity contribution in [2.75, 3.05) is 0 Å². The second kappa shape index (κ2) is 5.46. The number of carbonyl (C=O) groups excluding carboxylic acids is 1. The lowest BCUT2D eigenvalue weighted by atomic mass is 10.1. The Morgan fingerprint density at radius 3 is 2.58 bits per heavy atom. The van der Waals surface area contributed by atoms with E-state index in [1.807, 2.05) is 0 Å². The summed E-state index contributed by atoms with van der Waals surface area (Å²) in [6.45, 7) is 7.05. The van der Waals surface area contributed by atoms with E-state index < -0.39 is 18.8 Å². The molecule has 0 spiro atoms. The summed E-state index contributed by atoms with van der Waals surface area (Å²) in [6, 6.07) is -0.424. The fourth-order valence-electron chi connectivity index (χ4n) is 2.01. The summed E-state index contributed by atoms with van der Waals surface area (Å²) in [6.07, 6.45) is -3.21. The van der Waals surface area contributed by atoms with Crippen molar-refractivity contribution < 1.29 is 18.0 Å². The standard InChI is InChI=1S/C12H16F3N3O/c1-5-10(19)16-7(2)11-8(3)17-18(9(11)4)6-12(13,14)15/h5,7H,1,6H2,2-4H3,(H,16,19). The number of carbonyl (C=O) groups is 1. The second-order valence-electron chi connectivity index (χ2n) is 4.29. The molecular weight excluding hydrogens is 259 g/mol. The molecule has 0 fully saturated rings. The summed E-state index contributed by atoms with van der Waals surface area (Å²) >= 11 is 0. The van der Waals surface area contributed by atoms with Gasteiger partial charge in [0.15, 0.2) is 0 Å². The number of aryl methyl sites for hydroxylation is 1. The average Bonchev–Trinajstić information content (AvgIpc) is 2.51. The highest BCUT2D eigenvalue weighted by molar-refractivity contribution is 5.87. The maximum absolute atomic E-state index is 12.4. The van der Waals surface area contributed by atoms with Gasteiger partial charge in [0.05, 0.1) is 11.7 Å². The van der Waals surface area contributed by atoms with Crippen molar-refractivity contribution in [1.29, 1.82) is 0 Å². The van der Waals surface area contributed by atoms with Crippen LogP contribution in [0.1, 0.15) is 29.9 Å². The lowest BCUT2D eigenvalue weighted by Gasteiger charge is -2.14. The van der Waals surface area contributed by atoms with Crippen LogP contribution in [-0.2, 0) is 11.3 Å². The number of halogens is 3. The van der Waals surface area contributed by atoms with Crippen molar-refractivity contribution in [3.8, 4) is 0 Å². The van der Waals surface area contributed by atoms with Crippen LogP contribution in [0.5, 0.6) is 0 Å². The van der Waals surface area contributed by atoms with Crippen molar-refractivity contribution in [2.24, 2.45) is 0 Å². The molecule has 1 aromatic heterocycles. The zero-order valence-electron chi connectivity index (χ0n) is 11.0. The summed E-state index contributed by atoms with van der Waals surface area (Å²) in [5.41, 5.74) is 1.46. The van der Waals surface area contributed by atoms with Gasteiger partial charge in [0, 0.05) is 11.3 Å². The van der Waals surface area contributed by atoms with Crippen LogP contribution in [0.4, 0.5) is 13.2 Å². The van der Waals surface area contributed by atoms with E-state index in [0.29, 0.717) is 17.0 Å². The molecule has 1 N–H and O–H groups in total. The zero-order valence-corrected chi connectivity index (χ0v) is 11.0. The molecule has 0 saturated heterocycles. The molecule has 1 atom stereocenters. The molecule has 1 heterocycles. The van der Waals surface area contributed by atoms with Crippen molar-refractivity contribution in [1.82, 2.24) is 15.1 Å². The average molecular weight is 275 g/mol. The van der Waals surface area contributed by atoms with Gasteiger partial charge in [-0.25, -0.2) is 0 Å². The Balaban J connectivity index is 3.02. The van der Waals surface area contributed by atoms with Crippen LogP contribution in [0.15, 0.2) is 12.7 Å². The first kappa shape index (κ1) is 15.3. The predicted octanol–water partition coefficient (Wildman–Crippen LogP) is 2.43. The largest absolute Gasteiger partial charge is 0.408 e. The number of nitrogens with zero attached hydrogens (tertiary/aromatic N) is 2. The highest BCUT2D eigenvalue weighted by Gasteiger charge is 2.30. The van der Waals surface area contributed by atoms with Gasteiger partial charge in [-0.15, -0.1) is 0 Å². The van der Waals surface area contributed by atoms with Gasteiger partial charge >= 0.3 is 6.18 Å². The molecule has 0 bridgehead atoms. The molecule has 0 aliphatic heterocycles. The van der Waals surface area contributed by atoms with Gasteiger partial charge in [-0.1, -0.05) is 6.58 Å². The fourth-order valence-corrected chi connectivity index (χ4v) is 2.01. The number of alkyl halides is 3. The third-order valence-electron chi connectivity index (χ3n) is 2.74. The molecule has 1 rings (SSSR count). The lowest BCUT2D eigenvalue weighted by molar-refractivity contribution is -0.143. The quantitative estimate of drug-likeness (QED) is 0.858. The number of amides is 1. The Bertz CT molecular complexity index is 491. The van der Waals surface area contributed by atoms with Gasteiger partial charge < -0.3 is 5.32 Å². The van der Waals surface area contributed by atoms with Gasteiger partial charge in [-0.3, -0.25) is 9.48 Å². The van der Waals surface area contributed by atoms with E-state index in [0.717, 1.165) is 10.8 Å². The first-order valence-corrected chi connectivity index (χ1v) is 5.69. The highest BCUT2D eigenvalue weighted by Crippen LogP contribution is 2.24. The molecule has 1 amide bonds. The van der Waals surface area contributed by atoms with Crippen LogP contribution < -0.4 is 5.32 Å². The maximum atomic E-state index is 12.4. The molecule has 0 aromatic carbocycles. The summed E-state index contributed by atoms with van der Waals surface area (Å²) in [5.74, 6) is -0.380. The van der Waals surface area contributed by atoms with Crippen molar-refractivity contribution in [3.05, 3.63) is 29.6 Å². The van der Waals surface area contributed by atoms with E-state index in [1.54, 1.807) is 20.8 Å². The second-order valence-corrected chi connectivity index (χ2v) is 4.29. The van der Waals surface area contributed by atoms with Crippen LogP contribution in [0.25, 0.3) is 0 Å². The minimum Gasteiger partial charge on any atom is -0.346 e. The van der Waals surface area contributed by atoms with E-state index in [2.05, 4.69) is 17.0 Å². The zero-order chi connectivity index (χ0) is 14.8. The van der Waals surface area contributed by atoms with Gasteiger partial charge in [0.1, 0.15) is 6.54 Å². The molecule has 0 radical (unpaired) electrons. The van der Waals surface area contributed by atoms with Crippen LogP contribution in [0, 0.1) is 13.8 Å². The predicted molar refractivity (Wildman–Crippen MR) is 64.5 cm³/mol. The summed E-state index contributed by atoms with van der Waals surface area (Å²) < 4.78 is 38.1. The van der Waals surface area contributed by atoms with Crippen molar-refractivity contribution in [2.45, 2.75) is 39.5 Å². The number of hydrogen-bond donors (Lipinski definition) is 1. The van der Waals surface area contributed by atoms with Crippen LogP contribution >= 0.6 is 0 Å². The van der Waals surface area contributed by atoms with Crippen LogP contribution in [0.3, 0.4) is 0 Å². The normalized spacial score (nSPS) is 13.2. The van der Waals surface area contributed by atoms with Crippen LogP contribution in [-0.4, -0.2) is 21.9 Å². The molecule has 0 saturated carbocycles. The summed E-state index contributed by atoms with van der Waals surface area (Å²) in [7, 11) is 0. The topological polar surface area (TPSA) is 46.9 Å². The van der Waals surface area contributed by atoms with Gasteiger partial charge in [0.25, 0.3) is 0 Å². The molecule has 0 aliphatic carbocycles. The molecule has 4 nitrogen and oxygen atoms in total. The third-order valence-corrected chi connectivity index (χ3v) is 2.74. The molecule has 1 unspecified atom stereocenters. The Hall–Kier alpha value is -1.79. The number of nitrogens with one attached hydrogen (secondary N) is 1. The van der Waals surface area contributed by atoms with Gasteiger partial charge in [-0.2, -0.15) is 18.3 Å². The van der Waals surface area contributed by atoms with E-state index in [4.69, 9.17) is 0 Å². The minimum absolute atomic E-state index is 0.380. The molecule has 1 aromatic rings. The van der Waals surface area contributed by atoms with Gasteiger partial charge in [-0.05, 0) is 26.8 Å². The molecular formula is C12H16F3N3O. The molecule has 7 heteroatoms. The molecule has 106 valence electrons. The number of aromatic nitrogens is 2. The third kappa shape index (κ3) is 3.84. The maximum Gasteiger partial charge on any atom is 0.408 e. The number of rotatable bonds is 4. The fraction of sp³-hybridized carbons (Fsp3) is 0.500. The Kier molecular flexibility index (Phi) is 4.39. The van der Waals surface area contributed by atoms with E-state index in [9.17, 15) is 18.0 Å². The van der Waals surface area contributed by atoms with E-state index in [-0.39, 0.29) is 5.91 Å². The summed E-state index contributed by atoms with van der Waals surface area (Å²) in [4.78, 5) is 11.2. The Morgan fingerprint density at radius 2 is 2.11 bits per heavy atom. The number of hydrogen-bond acceptors (Lipinski definition) is 2. The smallest absolute Gasteiger partial charge is 0.346 e. The monoisotopic (exact) mass is 275 g/mol. The van der Waals surface area contributed by atoms with Crippen LogP contribution in [0.2, 0.25) is 0 Å². The highest BCUT2D eigenvalue weighted by atomic mass is 19.4. The first-order chi connectivity index (χ1) is 8.65. The van der Waals surface area contributed by atoms with Crippen molar-refractivity contribution >= 4 is 5.91 Å². The van der Waals surface area contributed by atoms with Gasteiger partial charge in [0.2, 0.25) is 5.91 Å². The van der Waals surface area contributed by atoms with E-state index in [1.165, 1.54) is 0 Å². The summed E-state index contributed by atoms with van der Waals surface area (Å²) in [5, 5.41) is 6.48. The molecule has 19 heavy (non-hydrogen) atoms. The Labute approximate surface area is 109 Å². The van der Waals surface area contributed by atoms with Crippen molar-refractivity contribution in [3.63, 3.8) is 0 Å². The Morgan fingerprint density at radius 1 is 1.53 bits per heavy atom. The van der Waals surface area contributed by atoms with E-state index >= 15 is 0 Å². The lowest BCUT2D eigenvalue weighted by Crippen LogP contribution is -2.25. The first-order valence-electron chi connectivity index (χ1n) is 5.69. The minimum atomic E-state index is -4.33.